The van der Waals surface area contributed by atoms with Crippen LogP contribution in [0.1, 0.15) is 31.7 Å². The van der Waals surface area contributed by atoms with Crippen molar-refractivity contribution in [2.75, 3.05) is 30.3 Å². The molecule has 1 fully saturated rings. The fraction of sp³-hybridized carbons (Fsp3) is 0.407. The van der Waals surface area contributed by atoms with Crippen molar-refractivity contribution >= 4 is 23.4 Å². The minimum absolute atomic E-state index is 0.0286. The number of amides is 2. The van der Waals surface area contributed by atoms with Crippen molar-refractivity contribution in [2.24, 2.45) is 4.99 Å². The molecule has 2 N–H and O–H groups in total. The zero-order valence-electron chi connectivity index (χ0n) is 20.7. The van der Waals surface area contributed by atoms with E-state index in [1.54, 1.807) is 35.2 Å². The van der Waals surface area contributed by atoms with Crippen molar-refractivity contribution in [3.05, 3.63) is 59.9 Å². The number of ether oxygens (including phenoxy) is 2. The van der Waals surface area contributed by atoms with Crippen LogP contribution in [-0.4, -0.2) is 55.0 Å². The van der Waals surface area contributed by atoms with Crippen molar-refractivity contribution in [1.82, 2.24) is 4.90 Å². The summed E-state index contributed by atoms with van der Waals surface area (Å²) in [7, 11) is 0. The van der Waals surface area contributed by atoms with Crippen LogP contribution in [0.25, 0.3) is 0 Å². The predicted molar refractivity (Wildman–Crippen MR) is 135 cm³/mol. The van der Waals surface area contributed by atoms with Gasteiger partial charge in [-0.3, -0.25) is 0 Å². The van der Waals surface area contributed by atoms with E-state index in [1.165, 1.54) is 19.1 Å². The Labute approximate surface area is 218 Å². The minimum atomic E-state index is -4.71. The number of para-hydroxylation sites is 1. The largest absolute Gasteiger partial charge is 0.452 e. The van der Waals surface area contributed by atoms with Crippen LogP contribution >= 0.6 is 0 Å². The quantitative estimate of drug-likeness (QED) is 0.394. The Hall–Kier alpha value is -3.78. The molecule has 0 spiro atoms. The number of urea groups is 1. The molecule has 202 valence electrons. The maximum absolute atomic E-state index is 15.1. The topological polar surface area (TPSA) is 75.2 Å². The van der Waals surface area contributed by atoms with Gasteiger partial charge in [-0.2, -0.15) is 13.2 Å². The summed E-state index contributed by atoms with van der Waals surface area (Å²) in [5.41, 5.74) is -1.03. The SMILES string of the molecule is C#CCOC1CCN(C(=O)Nc2ccc(F)c([C@@]3(C)C[C@@H](C(F)(F)F)OC(Nc4ccccc4)=N3)c2)CC1. The highest BCUT2D eigenvalue weighted by Crippen LogP contribution is 2.42. The number of nitrogens with zero attached hydrogens (tertiary/aromatic N) is 2. The van der Waals surface area contributed by atoms with Crippen molar-refractivity contribution in [3.63, 3.8) is 0 Å². The molecule has 0 aliphatic carbocycles. The average Bonchev–Trinajstić information content (AvgIpc) is 2.88. The van der Waals surface area contributed by atoms with E-state index in [0.717, 1.165) is 6.07 Å². The number of carbonyl (C=O) groups is 1. The molecule has 2 aromatic rings. The molecule has 0 saturated carbocycles. The highest BCUT2D eigenvalue weighted by Gasteiger charge is 2.50. The number of anilines is 2. The number of carbonyl (C=O) groups excluding carboxylic acids is 1. The van der Waals surface area contributed by atoms with Crippen LogP contribution in [0.3, 0.4) is 0 Å². The number of nitrogens with one attached hydrogen (secondary N) is 2. The molecule has 2 aliphatic heterocycles. The number of alkyl halides is 3. The summed E-state index contributed by atoms with van der Waals surface area (Å²) in [6, 6.07) is 11.4. The number of piperidine rings is 1. The molecular weight excluding hydrogens is 504 g/mol. The molecule has 4 rings (SSSR count). The second-order valence-corrected chi connectivity index (χ2v) is 9.36. The lowest BCUT2D eigenvalue weighted by atomic mass is 9.85. The van der Waals surface area contributed by atoms with Crippen LogP contribution in [0.2, 0.25) is 0 Å². The van der Waals surface area contributed by atoms with Gasteiger partial charge >= 0.3 is 12.2 Å². The van der Waals surface area contributed by atoms with Crippen LogP contribution in [0, 0.1) is 18.2 Å². The van der Waals surface area contributed by atoms with Gasteiger partial charge in [0.15, 0.2) is 6.10 Å². The van der Waals surface area contributed by atoms with Gasteiger partial charge in [0.2, 0.25) is 0 Å². The number of aliphatic imine (C=N–C) groups is 1. The van der Waals surface area contributed by atoms with E-state index in [0.29, 0.717) is 31.6 Å². The Morgan fingerprint density at radius 1 is 1.21 bits per heavy atom. The number of likely N-dealkylation sites (tertiary alicyclic amines) is 1. The molecule has 0 unspecified atom stereocenters. The third-order valence-corrected chi connectivity index (χ3v) is 6.50. The number of terminal acetylenes is 1. The number of halogens is 4. The first-order valence-electron chi connectivity index (χ1n) is 12.1. The Morgan fingerprint density at radius 2 is 1.92 bits per heavy atom. The molecule has 0 bridgehead atoms. The maximum atomic E-state index is 15.1. The average molecular weight is 533 g/mol. The fourth-order valence-electron chi connectivity index (χ4n) is 4.50. The van der Waals surface area contributed by atoms with Crippen LogP contribution in [-0.2, 0) is 15.0 Å². The molecule has 2 aromatic carbocycles. The molecule has 1 saturated heterocycles. The van der Waals surface area contributed by atoms with E-state index in [4.69, 9.17) is 15.9 Å². The van der Waals surface area contributed by atoms with Crippen molar-refractivity contribution in [1.29, 1.82) is 0 Å². The zero-order chi connectivity index (χ0) is 27.3. The Morgan fingerprint density at radius 3 is 2.58 bits per heavy atom. The molecule has 2 amide bonds. The lowest BCUT2D eigenvalue weighted by Gasteiger charge is -2.37. The second kappa shape index (κ2) is 11.3. The third-order valence-electron chi connectivity index (χ3n) is 6.50. The Balaban J connectivity index is 1.54. The van der Waals surface area contributed by atoms with E-state index >= 15 is 4.39 Å². The van der Waals surface area contributed by atoms with E-state index in [2.05, 4.69) is 21.5 Å². The highest BCUT2D eigenvalue weighted by atomic mass is 19.4. The molecule has 2 aliphatic rings. The summed E-state index contributed by atoms with van der Waals surface area (Å²) in [6.07, 6.45) is -1.15. The Kier molecular flexibility index (Phi) is 8.11. The Bertz CT molecular complexity index is 1210. The van der Waals surface area contributed by atoms with Gasteiger partial charge in [0.25, 0.3) is 6.02 Å². The van der Waals surface area contributed by atoms with E-state index in [1.807, 2.05) is 0 Å². The molecule has 0 aromatic heterocycles. The third kappa shape index (κ3) is 6.55. The summed E-state index contributed by atoms with van der Waals surface area (Å²) in [5, 5.41) is 5.46. The zero-order valence-corrected chi connectivity index (χ0v) is 20.7. The number of hydrogen-bond acceptors (Lipinski definition) is 5. The van der Waals surface area contributed by atoms with Gasteiger partial charge in [0.05, 0.1) is 11.6 Å². The van der Waals surface area contributed by atoms with Gasteiger partial charge in [0.1, 0.15) is 12.4 Å². The lowest BCUT2D eigenvalue weighted by molar-refractivity contribution is -0.207. The van der Waals surface area contributed by atoms with Crippen LogP contribution in [0.5, 0.6) is 0 Å². The molecule has 11 heteroatoms. The van der Waals surface area contributed by atoms with Gasteiger partial charge in [-0.1, -0.05) is 24.1 Å². The first-order valence-corrected chi connectivity index (χ1v) is 12.1. The second-order valence-electron chi connectivity index (χ2n) is 9.36. The highest BCUT2D eigenvalue weighted by molar-refractivity contribution is 5.91. The van der Waals surface area contributed by atoms with Crippen LogP contribution in [0.4, 0.5) is 33.7 Å². The summed E-state index contributed by atoms with van der Waals surface area (Å²) >= 11 is 0. The minimum Gasteiger partial charge on any atom is -0.452 e. The standard InChI is InChI=1S/C27H28F4N4O3/c1-3-15-37-20-11-13-35(14-12-20)25(36)33-19-9-10-22(28)21(16-19)26(2)17-23(27(29,30)31)38-24(34-26)32-18-7-5-4-6-8-18/h1,4-10,16,20,23H,11-15,17H2,2H3,(H,32,34)(H,33,36)/t23-,26+/m0/s1. The number of benzene rings is 2. The van der Waals surface area contributed by atoms with Gasteiger partial charge in [0, 0.05) is 36.4 Å². The maximum Gasteiger partial charge on any atom is 0.425 e. The van der Waals surface area contributed by atoms with Gasteiger partial charge < -0.3 is 25.0 Å². The van der Waals surface area contributed by atoms with Crippen LogP contribution in [0.15, 0.2) is 53.5 Å². The summed E-state index contributed by atoms with van der Waals surface area (Å²) in [6.45, 7) is 2.50. The molecule has 0 radical (unpaired) electrons. The van der Waals surface area contributed by atoms with Crippen molar-refractivity contribution in [2.45, 2.75) is 50.1 Å². The predicted octanol–water partition coefficient (Wildman–Crippen LogP) is 5.51. The first kappa shape index (κ1) is 27.3. The summed E-state index contributed by atoms with van der Waals surface area (Å²) in [5.74, 6) is 1.67. The number of rotatable bonds is 5. The normalized spacial score (nSPS) is 22.2. The monoisotopic (exact) mass is 532 g/mol. The molecule has 38 heavy (non-hydrogen) atoms. The van der Waals surface area contributed by atoms with Gasteiger partial charge in [-0.15, -0.1) is 6.42 Å². The molecule has 2 heterocycles. The van der Waals surface area contributed by atoms with Crippen molar-refractivity contribution in [3.8, 4) is 12.3 Å². The van der Waals surface area contributed by atoms with E-state index < -0.39 is 36.1 Å². The van der Waals surface area contributed by atoms with Crippen molar-refractivity contribution < 1.29 is 31.8 Å². The van der Waals surface area contributed by atoms with Gasteiger partial charge in [-0.25, -0.2) is 14.2 Å². The number of hydrogen-bond donors (Lipinski definition) is 2. The summed E-state index contributed by atoms with van der Waals surface area (Å²) < 4.78 is 67.0. The van der Waals surface area contributed by atoms with Gasteiger partial charge in [-0.05, 0) is 50.1 Å². The van der Waals surface area contributed by atoms with E-state index in [9.17, 15) is 18.0 Å². The first-order chi connectivity index (χ1) is 18.1. The number of amidine groups is 1. The fourth-order valence-corrected chi connectivity index (χ4v) is 4.50. The summed E-state index contributed by atoms with van der Waals surface area (Å²) in [4.78, 5) is 18.8. The molecule has 7 nitrogen and oxygen atoms in total. The molecule has 2 atom stereocenters. The lowest BCUT2D eigenvalue weighted by Crippen LogP contribution is -2.46. The molecular formula is C27H28F4N4O3. The van der Waals surface area contributed by atoms with Crippen LogP contribution < -0.4 is 10.6 Å². The van der Waals surface area contributed by atoms with E-state index in [-0.39, 0.29) is 30.0 Å². The smallest absolute Gasteiger partial charge is 0.425 e.